The van der Waals surface area contributed by atoms with Crippen LogP contribution in [0.4, 0.5) is 5.82 Å². The Kier molecular flexibility index (Phi) is 3.96. The summed E-state index contributed by atoms with van der Waals surface area (Å²) in [5.41, 5.74) is 0. The predicted molar refractivity (Wildman–Crippen MR) is 57.1 cm³/mol. The molecule has 0 radical (unpaired) electrons. The van der Waals surface area contributed by atoms with Gasteiger partial charge in [-0.05, 0) is 12.1 Å². The Morgan fingerprint density at radius 2 is 2.25 bits per heavy atom. The summed E-state index contributed by atoms with van der Waals surface area (Å²) in [6.45, 7) is 0. The van der Waals surface area contributed by atoms with Crippen molar-refractivity contribution >= 4 is 21.6 Å². The zero-order valence-electron chi connectivity index (χ0n) is 8.25. The molecule has 1 aromatic rings. The van der Waals surface area contributed by atoms with E-state index >= 15 is 0 Å². The Bertz CT molecular complexity index is 505. The van der Waals surface area contributed by atoms with E-state index in [0.717, 1.165) is 0 Å². The largest absolute Gasteiger partial charge is 0.310 e. The maximum atomic E-state index is 11.3. The van der Waals surface area contributed by atoms with Crippen LogP contribution in [0.2, 0.25) is 0 Å². The van der Waals surface area contributed by atoms with Crippen molar-refractivity contribution in [2.24, 2.45) is 0 Å². The summed E-state index contributed by atoms with van der Waals surface area (Å²) < 4.78 is 22.3. The Morgan fingerprint density at radius 1 is 1.50 bits per heavy atom. The number of sulfone groups is 1. The van der Waals surface area contributed by atoms with Gasteiger partial charge in [-0.15, -0.1) is 0 Å². The summed E-state index contributed by atoms with van der Waals surface area (Å²) in [7, 11) is -3.65. The van der Waals surface area contributed by atoms with Crippen LogP contribution in [0.25, 0.3) is 0 Å². The van der Waals surface area contributed by atoms with Crippen LogP contribution >= 0.6 is 0 Å². The second kappa shape index (κ2) is 5.23. The number of nitrogens with one attached hydrogen (secondary N) is 1. The van der Waals surface area contributed by atoms with Crippen molar-refractivity contribution < 1.29 is 13.2 Å². The van der Waals surface area contributed by atoms with E-state index in [-0.39, 0.29) is 5.82 Å². The molecular weight excluding hydrogens is 230 g/mol. The number of rotatable bonds is 4. The van der Waals surface area contributed by atoms with Crippen molar-refractivity contribution in [1.82, 2.24) is 4.98 Å². The molecule has 0 aliphatic carbocycles. The Labute approximate surface area is 92.8 Å². The lowest BCUT2D eigenvalue weighted by atomic mass is 10.4. The number of nitrogens with zero attached hydrogens (tertiary/aromatic N) is 2. The van der Waals surface area contributed by atoms with E-state index in [4.69, 9.17) is 5.26 Å². The average molecular weight is 239 g/mol. The van der Waals surface area contributed by atoms with Crippen LogP contribution in [-0.2, 0) is 14.6 Å². The molecule has 6 nitrogen and oxygen atoms in total. The van der Waals surface area contributed by atoms with Crippen LogP contribution in [0.5, 0.6) is 0 Å². The number of hydrogen-bond acceptors (Lipinski definition) is 5. The van der Waals surface area contributed by atoms with Gasteiger partial charge in [-0.25, -0.2) is 13.4 Å². The lowest BCUT2D eigenvalue weighted by molar-refractivity contribution is -0.113. The van der Waals surface area contributed by atoms with Crippen LogP contribution in [0, 0.1) is 11.3 Å². The van der Waals surface area contributed by atoms with Gasteiger partial charge >= 0.3 is 0 Å². The monoisotopic (exact) mass is 239 g/mol. The number of anilines is 1. The molecule has 0 aromatic carbocycles. The molecule has 16 heavy (non-hydrogen) atoms. The van der Waals surface area contributed by atoms with E-state index in [0.29, 0.717) is 0 Å². The van der Waals surface area contributed by atoms with Gasteiger partial charge in [-0.2, -0.15) is 5.26 Å². The van der Waals surface area contributed by atoms with Gasteiger partial charge in [0, 0.05) is 6.20 Å². The van der Waals surface area contributed by atoms with Gasteiger partial charge in [0.1, 0.15) is 17.3 Å². The van der Waals surface area contributed by atoms with Gasteiger partial charge in [0.05, 0.1) is 6.07 Å². The number of nitriles is 1. The summed E-state index contributed by atoms with van der Waals surface area (Å²) in [4.78, 5) is 15.1. The molecule has 0 spiro atoms. The van der Waals surface area contributed by atoms with Crippen molar-refractivity contribution in [3.8, 4) is 6.07 Å². The van der Waals surface area contributed by atoms with Crippen LogP contribution < -0.4 is 5.32 Å². The lowest BCUT2D eigenvalue weighted by Crippen LogP contribution is -2.24. The molecule has 0 unspecified atom stereocenters. The fourth-order valence-corrected chi connectivity index (χ4v) is 1.74. The van der Waals surface area contributed by atoms with Gasteiger partial charge < -0.3 is 5.32 Å². The lowest BCUT2D eigenvalue weighted by Gasteiger charge is -2.02. The molecule has 0 saturated heterocycles. The van der Waals surface area contributed by atoms with Crippen molar-refractivity contribution in [1.29, 1.82) is 5.26 Å². The third kappa shape index (κ3) is 4.06. The van der Waals surface area contributed by atoms with E-state index in [9.17, 15) is 13.2 Å². The molecule has 1 amide bonds. The maximum absolute atomic E-state index is 11.3. The summed E-state index contributed by atoms with van der Waals surface area (Å²) in [6.07, 6.45) is 1.47. The van der Waals surface area contributed by atoms with Gasteiger partial charge in [0.15, 0.2) is 9.84 Å². The fourth-order valence-electron chi connectivity index (χ4n) is 0.965. The fraction of sp³-hybridized carbons (Fsp3) is 0.222. The number of carbonyl (C=O) groups excluding carboxylic acids is 1. The third-order valence-corrected chi connectivity index (χ3v) is 2.84. The average Bonchev–Trinajstić information content (AvgIpc) is 2.17. The van der Waals surface area contributed by atoms with E-state index in [1.165, 1.54) is 18.3 Å². The molecule has 0 bridgehead atoms. The summed E-state index contributed by atoms with van der Waals surface area (Å²) in [6, 6.07) is 6.36. The molecule has 1 N–H and O–H groups in total. The minimum absolute atomic E-state index is 0.277. The molecule has 0 atom stereocenters. The Hall–Kier alpha value is -1.94. The highest BCUT2D eigenvalue weighted by molar-refractivity contribution is 7.92. The molecule has 0 aliphatic heterocycles. The van der Waals surface area contributed by atoms with Crippen molar-refractivity contribution in [2.45, 2.75) is 0 Å². The molecule has 84 valence electrons. The number of carbonyl (C=O) groups is 1. The van der Waals surface area contributed by atoms with E-state index in [2.05, 4.69) is 10.3 Å². The topological polar surface area (TPSA) is 99.9 Å². The number of pyridine rings is 1. The molecule has 1 rings (SSSR count). The molecule has 1 heterocycles. The van der Waals surface area contributed by atoms with Crippen LogP contribution in [-0.4, -0.2) is 30.8 Å². The zero-order valence-corrected chi connectivity index (χ0v) is 9.07. The maximum Gasteiger partial charge on any atom is 0.240 e. The SMILES string of the molecule is N#CCS(=O)(=O)CC(=O)Nc1ccccn1. The first-order chi connectivity index (χ1) is 7.53. The van der Waals surface area contributed by atoms with E-state index < -0.39 is 27.3 Å². The molecule has 7 heteroatoms. The minimum Gasteiger partial charge on any atom is -0.310 e. The second-order valence-corrected chi connectivity index (χ2v) is 5.02. The predicted octanol–water partition coefficient (Wildman–Crippen LogP) is -0.0415. The van der Waals surface area contributed by atoms with Gasteiger partial charge in [-0.1, -0.05) is 6.07 Å². The standard InChI is InChI=1S/C9H9N3O3S/c10-4-6-16(14,15)7-9(13)12-8-3-1-2-5-11-8/h1-3,5H,6-7H2,(H,11,12,13). The summed E-state index contributed by atoms with van der Waals surface area (Å²) in [5.74, 6) is -1.80. The minimum atomic E-state index is -3.65. The van der Waals surface area contributed by atoms with Crippen LogP contribution in [0.1, 0.15) is 0 Å². The highest BCUT2D eigenvalue weighted by Gasteiger charge is 2.16. The molecule has 1 aromatic heterocycles. The van der Waals surface area contributed by atoms with Gasteiger partial charge in [0.2, 0.25) is 5.91 Å². The van der Waals surface area contributed by atoms with E-state index in [1.807, 2.05) is 0 Å². The molecular formula is C9H9N3O3S. The molecule has 0 aliphatic rings. The number of hydrogen-bond donors (Lipinski definition) is 1. The van der Waals surface area contributed by atoms with Gasteiger partial charge in [0.25, 0.3) is 0 Å². The van der Waals surface area contributed by atoms with E-state index in [1.54, 1.807) is 12.1 Å². The Morgan fingerprint density at radius 3 is 2.81 bits per heavy atom. The van der Waals surface area contributed by atoms with Gasteiger partial charge in [-0.3, -0.25) is 4.79 Å². The summed E-state index contributed by atoms with van der Waals surface area (Å²) >= 11 is 0. The van der Waals surface area contributed by atoms with Crippen LogP contribution in [0.15, 0.2) is 24.4 Å². The second-order valence-electron chi connectivity index (χ2n) is 2.95. The molecule has 0 fully saturated rings. The summed E-state index contributed by atoms with van der Waals surface area (Å²) in [5, 5.41) is 10.5. The van der Waals surface area contributed by atoms with Crippen molar-refractivity contribution in [3.05, 3.63) is 24.4 Å². The number of amides is 1. The van der Waals surface area contributed by atoms with Crippen molar-refractivity contribution in [2.75, 3.05) is 16.8 Å². The first-order valence-corrected chi connectivity index (χ1v) is 6.14. The third-order valence-electron chi connectivity index (χ3n) is 1.57. The normalized spacial score (nSPS) is 10.4. The first-order valence-electron chi connectivity index (χ1n) is 4.32. The number of aromatic nitrogens is 1. The first kappa shape index (κ1) is 12.1. The van der Waals surface area contributed by atoms with Crippen molar-refractivity contribution in [3.63, 3.8) is 0 Å². The Balaban J connectivity index is 2.59. The highest BCUT2D eigenvalue weighted by atomic mass is 32.2. The van der Waals surface area contributed by atoms with Crippen LogP contribution in [0.3, 0.4) is 0 Å². The quantitative estimate of drug-likeness (QED) is 0.794. The zero-order chi connectivity index (χ0) is 12.0. The smallest absolute Gasteiger partial charge is 0.240 e. The highest BCUT2D eigenvalue weighted by Crippen LogP contribution is 2.00. The molecule has 0 saturated carbocycles.